The maximum absolute atomic E-state index is 13.7. The van der Waals surface area contributed by atoms with Crippen molar-refractivity contribution in [3.63, 3.8) is 0 Å². The van der Waals surface area contributed by atoms with Crippen molar-refractivity contribution in [1.82, 2.24) is 10.6 Å². The van der Waals surface area contributed by atoms with Crippen LogP contribution in [0.4, 0.5) is 4.79 Å². The van der Waals surface area contributed by atoms with E-state index in [1.165, 1.54) is 0 Å². The van der Waals surface area contributed by atoms with Crippen molar-refractivity contribution in [3.8, 4) is 0 Å². The lowest BCUT2D eigenvalue weighted by Crippen LogP contribution is -2.58. The van der Waals surface area contributed by atoms with Gasteiger partial charge in [0.1, 0.15) is 18.2 Å². The number of esters is 1. The Morgan fingerprint density at radius 2 is 1.20 bits per heavy atom. The van der Waals surface area contributed by atoms with Crippen molar-refractivity contribution in [2.75, 3.05) is 13.2 Å². The van der Waals surface area contributed by atoms with Gasteiger partial charge < -0.3 is 20.1 Å². The van der Waals surface area contributed by atoms with E-state index in [4.69, 9.17) is 9.47 Å². The average Bonchev–Trinajstić information content (AvgIpc) is 2.94. The number of hydrogen-bond donors (Lipinski definition) is 2. The normalized spacial score (nSPS) is 12.6. The summed E-state index contributed by atoms with van der Waals surface area (Å²) in [5.41, 5.74) is 2.27. The van der Waals surface area contributed by atoms with Crippen molar-refractivity contribution in [2.24, 2.45) is 0 Å². The molecule has 0 fully saturated rings. The van der Waals surface area contributed by atoms with Crippen LogP contribution in [-0.4, -0.2) is 47.5 Å². The number of hydrogen-bond acceptors (Lipinski definition) is 6. The lowest BCUT2D eigenvalue weighted by atomic mass is 9.84. The van der Waals surface area contributed by atoms with Gasteiger partial charge in [0.15, 0.2) is 0 Å². The minimum Gasteiger partial charge on any atom is -0.465 e. The largest absolute Gasteiger partial charge is 0.465 e. The summed E-state index contributed by atoms with van der Waals surface area (Å²) in [4.78, 5) is 38.8. The molecule has 3 aromatic carbocycles. The Balaban J connectivity index is 2.14. The highest BCUT2D eigenvalue weighted by Gasteiger charge is 2.47. The second-order valence-electron chi connectivity index (χ2n) is 11.1. The van der Waals surface area contributed by atoms with Crippen LogP contribution < -0.4 is 10.6 Å². The average molecular weight is 577 g/mol. The summed E-state index contributed by atoms with van der Waals surface area (Å²) in [7, 11) is 0. The quantitative estimate of drug-likeness (QED) is 0.213. The Morgan fingerprint density at radius 1 is 0.756 bits per heavy atom. The van der Waals surface area contributed by atoms with Gasteiger partial charge in [-0.15, -0.1) is 11.8 Å². The number of benzene rings is 3. The molecule has 8 heteroatoms. The number of ether oxygens (including phenoxy) is 2. The minimum absolute atomic E-state index is 0.198. The van der Waals surface area contributed by atoms with Gasteiger partial charge in [-0.25, -0.2) is 4.79 Å². The van der Waals surface area contributed by atoms with Crippen LogP contribution in [0, 0.1) is 0 Å². The minimum atomic E-state index is -1.08. The van der Waals surface area contributed by atoms with Gasteiger partial charge in [0.25, 0.3) is 0 Å². The number of amides is 2. The highest BCUT2D eigenvalue weighted by molar-refractivity contribution is 8.02. The topological polar surface area (TPSA) is 93.7 Å². The molecule has 0 aliphatic carbocycles. The summed E-state index contributed by atoms with van der Waals surface area (Å²) < 4.78 is 8.82. The first-order chi connectivity index (χ1) is 19.4. The van der Waals surface area contributed by atoms with Crippen LogP contribution in [0.5, 0.6) is 0 Å². The molecule has 41 heavy (non-hydrogen) atoms. The SMILES string of the molecule is CCOC(=O)CNC(=O)[C@@H](NC(=O)OC(C)(C)C)C(C)(C)SC(c1ccccc1)(c1ccccc1)c1ccccc1. The number of alkyl carbamates (subject to hydrolysis) is 1. The van der Waals surface area contributed by atoms with Gasteiger partial charge >= 0.3 is 12.1 Å². The third-order valence-electron chi connectivity index (χ3n) is 6.29. The molecule has 0 aliphatic heterocycles. The molecule has 0 saturated carbocycles. The van der Waals surface area contributed by atoms with Crippen LogP contribution in [0.2, 0.25) is 0 Å². The first-order valence-electron chi connectivity index (χ1n) is 13.7. The molecule has 0 unspecified atom stereocenters. The molecule has 3 rings (SSSR count). The molecule has 0 aromatic heterocycles. The Bertz CT molecular complexity index is 1190. The third-order valence-corrected chi connectivity index (χ3v) is 8.06. The first-order valence-corrected chi connectivity index (χ1v) is 14.5. The summed E-state index contributed by atoms with van der Waals surface area (Å²) in [6.07, 6.45) is -0.729. The number of carbonyl (C=O) groups is 3. The van der Waals surface area contributed by atoms with E-state index >= 15 is 0 Å². The van der Waals surface area contributed by atoms with Gasteiger partial charge in [0, 0.05) is 4.75 Å². The fourth-order valence-corrected chi connectivity index (χ4v) is 6.44. The van der Waals surface area contributed by atoms with Crippen molar-refractivity contribution < 1.29 is 23.9 Å². The van der Waals surface area contributed by atoms with Crippen molar-refractivity contribution >= 4 is 29.7 Å². The predicted octanol–water partition coefficient (Wildman–Crippen LogP) is 6.06. The fourth-order valence-electron chi connectivity index (χ4n) is 4.60. The zero-order valence-electron chi connectivity index (χ0n) is 24.6. The molecule has 218 valence electrons. The molecular formula is C33H40N2O5S. The van der Waals surface area contributed by atoms with Gasteiger partial charge in [0.05, 0.1) is 11.4 Å². The molecule has 0 heterocycles. The standard InChI is InChI=1S/C33H40N2O5S/c1-7-39-27(36)23-34-29(37)28(35-30(38)40-31(2,3)4)32(5,6)41-33(24-17-11-8-12-18-24,25-19-13-9-14-20-25)26-21-15-10-16-22-26/h8-22,28H,7,23H2,1-6H3,(H,34,37)(H,35,38)/t28-/m1/s1. The van der Waals surface area contributed by atoms with Crippen LogP contribution >= 0.6 is 11.8 Å². The van der Waals surface area contributed by atoms with Crippen molar-refractivity contribution in [2.45, 2.75) is 62.7 Å². The van der Waals surface area contributed by atoms with E-state index in [9.17, 15) is 14.4 Å². The molecule has 0 saturated heterocycles. The Morgan fingerprint density at radius 3 is 1.59 bits per heavy atom. The molecule has 0 bridgehead atoms. The molecule has 2 amide bonds. The number of thioether (sulfide) groups is 1. The highest BCUT2D eigenvalue weighted by atomic mass is 32.2. The van der Waals surface area contributed by atoms with E-state index < -0.39 is 39.1 Å². The second kappa shape index (κ2) is 13.7. The smallest absolute Gasteiger partial charge is 0.408 e. The van der Waals surface area contributed by atoms with Crippen LogP contribution in [0.3, 0.4) is 0 Å². The predicted molar refractivity (Wildman–Crippen MR) is 164 cm³/mol. The maximum atomic E-state index is 13.7. The van der Waals surface area contributed by atoms with Gasteiger partial charge in [-0.05, 0) is 58.2 Å². The highest BCUT2D eigenvalue weighted by Crippen LogP contribution is 2.54. The molecular weight excluding hydrogens is 536 g/mol. The Labute approximate surface area is 247 Å². The van der Waals surface area contributed by atoms with E-state index in [0.717, 1.165) is 16.7 Å². The molecule has 0 spiro atoms. The second-order valence-corrected chi connectivity index (χ2v) is 13.0. The zero-order chi connectivity index (χ0) is 30.1. The van der Waals surface area contributed by atoms with E-state index in [1.807, 2.05) is 68.4 Å². The zero-order valence-corrected chi connectivity index (χ0v) is 25.4. The summed E-state index contributed by atoms with van der Waals surface area (Å²) in [5, 5.41) is 5.45. The number of carbonyl (C=O) groups excluding carboxylic acids is 3. The molecule has 3 aromatic rings. The number of nitrogens with one attached hydrogen (secondary N) is 2. The Kier molecular flexibility index (Phi) is 10.6. The summed E-state index contributed by atoms with van der Waals surface area (Å²) >= 11 is 1.55. The molecule has 0 aliphatic rings. The third kappa shape index (κ3) is 8.36. The van der Waals surface area contributed by atoms with Crippen molar-refractivity contribution in [3.05, 3.63) is 108 Å². The summed E-state index contributed by atoms with van der Waals surface area (Å²) in [6.45, 7) is 10.7. The first kappa shape index (κ1) is 31.7. The van der Waals surface area contributed by atoms with Crippen molar-refractivity contribution in [1.29, 1.82) is 0 Å². The van der Waals surface area contributed by atoms with E-state index in [1.54, 1.807) is 39.5 Å². The van der Waals surface area contributed by atoms with Crippen LogP contribution in [0.25, 0.3) is 0 Å². The molecule has 0 radical (unpaired) electrons. The molecule has 2 N–H and O–H groups in total. The monoisotopic (exact) mass is 576 g/mol. The lowest BCUT2D eigenvalue weighted by Gasteiger charge is -2.44. The fraction of sp³-hybridized carbons (Fsp3) is 0.364. The summed E-state index contributed by atoms with van der Waals surface area (Å²) in [5.74, 6) is -1.08. The van der Waals surface area contributed by atoms with Crippen LogP contribution in [0.1, 0.15) is 58.2 Å². The van der Waals surface area contributed by atoms with Gasteiger partial charge in [-0.3, -0.25) is 9.59 Å². The van der Waals surface area contributed by atoms with Gasteiger partial charge in [-0.1, -0.05) is 91.0 Å². The molecule has 7 nitrogen and oxygen atoms in total. The lowest BCUT2D eigenvalue weighted by molar-refractivity contribution is -0.143. The Hall–Kier alpha value is -3.78. The van der Waals surface area contributed by atoms with Crippen LogP contribution in [-0.2, 0) is 23.8 Å². The van der Waals surface area contributed by atoms with Crippen LogP contribution in [0.15, 0.2) is 91.0 Å². The van der Waals surface area contributed by atoms with E-state index in [-0.39, 0.29) is 13.2 Å². The summed E-state index contributed by atoms with van der Waals surface area (Å²) in [6, 6.07) is 29.2. The van der Waals surface area contributed by atoms with E-state index in [0.29, 0.717) is 0 Å². The van der Waals surface area contributed by atoms with Gasteiger partial charge in [0.2, 0.25) is 5.91 Å². The molecule has 1 atom stereocenters. The van der Waals surface area contributed by atoms with E-state index in [2.05, 4.69) is 47.0 Å². The maximum Gasteiger partial charge on any atom is 0.408 e. The number of rotatable bonds is 11. The van der Waals surface area contributed by atoms with Gasteiger partial charge in [-0.2, -0.15) is 0 Å².